The van der Waals surface area contributed by atoms with Gasteiger partial charge in [0.2, 0.25) is 0 Å². The van der Waals surface area contributed by atoms with Gasteiger partial charge in [-0.3, -0.25) is 4.79 Å². The van der Waals surface area contributed by atoms with Crippen molar-refractivity contribution in [3.05, 3.63) is 112 Å². The highest BCUT2D eigenvalue weighted by atomic mass is 35.5. The summed E-state index contributed by atoms with van der Waals surface area (Å²) in [5.41, 5.74) is 2.26. The molecule has 0 atom stereocenters. The lowest BCUT2D eigenvalue weighted by molar-refractivity contribution is -0.112. The SMILES string of the molecule is CCOC(=O)c1ccc(NC(=O)/C(C#N)=C/c2c(OCc3ccc(Cl)cc3)ccc3ccccc23)cc1. The Balaban J connectivity index is 1.61. The molecule has 184 valence electrons. The standard InChI is InChI=1S/C30H23ClN2O4/c1-2-36-30(35)22-9-14-25(15-10-22)33-29(34)23(18-32)17-27-26-6-4-3-5-21(26)11-16-28(27)37-19-20-7-12-24(31)13-8-20/h3-17H,2,19H2,1H3,(H,33,34)/b23-17+. The summed E-state index contributed by atoms with van der Waals surface area (Å²) in [6.07, 6.45) is 1.53. The van der Waals surface area contributed by atoms with Crippen molar-refractivity contribution in [3.63, 3.8) is 0 Å². The monoisotopic (exact) mass is 510 g/mol. The fraction of sp³-hybridized carbons (Fsp3) is 0.100. The van der Waals surface area contributed by atoms with Gasteiger partial charge in [0.25, 0.3) is 5.91 Å². The van der Waals surface area contributed by atoms with Gasteiger partial charge in [0.1, 0.15) is 24.0 Å². The van der Waals surface area contributed by atoms with Gasteiger partial charge in [0.05, 0.1) is 12.2 Å². The van der Waals surface area contributed by atoms with Crippen LogP contribution in [-0.2, 0) is 16.1 Å². The third-order valence-electron chi connectivity index (χ3n) is 5.55. The number of carbonyl (C=O) groups excluding carboxylic acids is 2. The molecule has 0 aliphatic heterocycles. The molecule has 0 aromatic heterocycles. The van der Waals surface area contributed by atoms with E-state index in [-0.39, 0.29) is 18.8 Å². The van der Waals surface area contributed by atoms with E-state index in [0.717, 1.165) is 16.3 Å². The zero-order valence-electron chi connectivity index (χ0n) is 20.0. The molecule has 6 nitrogen and oxygen atoms in total. The first-order chi connectivity index (χ1) is 18.0. The van der Waals surface area contributed by atoms with E-state index in [1.807, 2.05) is 54.6 Å². The maximum absolute atomic E-state index is 13.0. The minimum Gasteiger partial charge on any atom is -0.488 e. The molecule has 37 heavy (non-hydrogen) atoms. The van der Waals surface area contributed by atoms with Crippen LogP contribution in [0.2, 0.25) is 5.02 Å². The van der Waals surface area contributed by atoms with Crippen LogP contribution in [0.25, 0.3) is 16.8 Å². The summed E-state index contributed by atoms with van der Waals surface area (Å²) in [5.74, 6) is -0.490. The molecule has 7 heteroatoms. The number of nitrogens with one attached hydrogen (secondary N) is 1. The lowest BCUT2D eigenvalue weighted by atomic mass is 10.0. The number of hydrogen-bond acceptors (Lipinski definition) is 5. The summed E-state index contributed by atoms with van der Waals surface area (Å²) < 4.78 is 11.1. The van der Waals surface area contributed by atoms with Crippen LogP contribution in [0.4, 0.5) is 5.69 Å². The van der Waals surface area contributed by atoms with Crippen molar-refractivity contribution in [3.8, 4) is 11.8 Å². The second kappa shape index (κ2) is 11.9. The molecule has 0 bridgehead atoms. The van der Waals surface area contributed by atoms with E-state index in [1.54, 1.807) is 43.3 Å². The Morgan fingerprint density at radius 3 is 2.41 bits per heavy atom. The third kappa shape index (κ3) is 6.35. The van der Waals surface area contributed by atoms with Crippen molar-refractivity contribution in [1.82, 2.24) is 0 Å². The third-order valence-corrected chi connectivity index (χ3v) is 5.80. The van der Waals surface area contributed by atoms with Crippen LogP contribution in [0.3, 0.4) is 0 Å². The molecule has 4 rings (SSSR count). The fourth-order valence-corrected chi connectivity index (χ4v) is 3.81. The van der Waals surface area contributed by atoms with Crippen molar-refractivity contribution >= 4 is 46.0 Å². The van der Waals surface area contributed by atoms with E-state index in [0.29, 0.717) is 27.6 Å². The molecule has 0 saturated carbocycles. The molecule has 0 radical (unpaired) electrons. The van der Waals surface area contributed by atoms with Crippen LogP contribution in [0.15, 0.2) is 90.5 Å². The van der Waals surface area contributed by atoms with E-state index in [1.165, 1.54) is 6.08 Å². The van der Waals surface area contributed by atoms with E-state index < -0.39 is 11.9 Å². The molecule has 0 saturated heterocycles. The number of nitriles is 1. The van der Waals surface area contributed by atoms with E-state index in [9.17, 15) is 14.9 Å². The highest BCUT2D eigenvalue weighted by Gasteiger charge is 2.15. The Morgan fingerprint density at radius 2 is 1.70 bits per heavy atom. The highest BCUT2D eigenvalue weighted by molar-refractivity contribution is 6.30. The maximum Gasteiger partial charge on any atom is 0.338 e. The molecule has 0 spiro atoms. The van der Waals surface area contributed by atoms with E-state index >= 15 is 0 Å². The molecule has 1 amide bonds. The first-order valence-electron chi connectivity index (χ1n) is 11.6. The number of rotatable bonds is 8. The van der Waals surface area contributed by atoms with Crippen LogP contribution < -0.4 is 10.1 Å². The summed E-state index contributed by atoms with van der Waals surface area (Å²) in [5, 5.41) is 14.9. The minimum absolute atomic E-state index is 0.0952. The number of benzene rings is 4. The summed E-state index contributed by atoms with van der Waals surface area (Å²) in [6.45, 7) is 2.29. The molecular weight excluding hydrogens is 488 g/mol. The smallest absolute Gasteiger partial charge is 0.338 e. The number of amides is 1. The van der Waals surface area contributed by atoms with Crippen molar-refractivity contribution in [2.45, 2.75) is 13.5 Å². The Hall–Kier alpha value is -4.60. The first kappa shape index (κ1) is 25.5. The van der Waals surface area contributed by atoms with Gasteiger partial charge in [-0.2, -0.15) is 5.26 Å². The second-order valence-corrected chi connectivity index (χ2v) is 8.47. The van der Waals surface area contributed by atoms with Gasteiger partial charge in [-0.05, 0) is 71.8 Å². The molecule has 4 aromatic carbocycles. The molecular formula is C30H23ClN2O4. The number of nitrogens with zero attached hydrogens (tertiary/aromatic N) is 1. The average Bonchev–Trinajstić information content (AvgIpc) is 2.92. The van der Waals surface area contributed by atoms with Gasteiger partial charge in [-0.1, -0.05) is 54.1 Å². The fourth-order valence-electron chi connectivity index (χ4n) is 3.69. The minimum atomic E-state index is -0.581. The predicted octanol–water partition coefficient (Wildman–Crippen LogP) is 6.79. The Bertz CT molecular complexity index is 1500. The molecule has 1 N–H and O–H groups in total. The summed E-state index contributed by atoms with van der Waals surface area (Å²) in [7, 11) is 0. The molecule has 0 unspecified atom stereocenters. The second-order valence-electron chi connectivity index (χ2n) is 8.04. The van der Waals surface area contributed by atoms with Crippen LogP contribution in [-0.4, -0.2) is 18.5 Å². The van der Waals surface area contributed by atoms with Gasteiger partial charge >= 0.3 is 5.97 Å². The lowest BCUT2D eigenvalue weighted by Crippen LogP contribution is -2.14. The van der Waals surface area contributed by atoms with Crippen LogP contribution in [0.1, 0.15) is 28.4 Å². The number of esters is 1. The van der Waals surface area contributed by atoms with Crippen LogP contribution in [0, 0.1) is 11.3 Å². The quantitative estimate of drug-likeness (QED) is 0.160. The zero-order chi connectivity index (χ0) is 26.2. The van der Waals surface area contributed by atoms with Crippen molar-refractivity contribution in [2.24, 2.45) is 0 Å². The summed E-state index contributed by atoms with van der Waals surface area (Å²) >= 11 is 5.98. The van der Waals surface area contributed by atoms with Crippen LogP contribution in [0.5, 0.6) is 5.75 Å². The number of carbonyl (C=O) groups is 2. The Kier molecular flexibility index (Phi) is 8.19. The zero-order valence-corrected chi connectivity index (χ0v) is 20.8. The molecule has 0 heterocycles. The van der Waals surface area contributed by atoms with Gasteiger partial charge in [-0.15, -0.1) is 0 Å². The number of hydrogen-bond donors (Lipinski definition) is 1. The lowest BCUT2D eigenvalue weighted by Gasteiger charge is -2.13. The van der Waals surface area contributed by atoms with Crippen LogP contribution >= 0.6 is 11.6 Å². The number of fused-ring (bicyclic) bond motifs is 1. The number of ether oxygens (including phenoxy) is 2. The van der Waals surface area contributed by atoms with E-state index in [2.05, 4.69) is 5.32 Å². The van der Waals surface area contributed by atoms with Crippen molar-refractivity contribution < 1.29 is 19.1 Å². The number of anilines is 1. The summed E-state index contributed by atoms with van der Waals surface area (Å²) in [6, 6.07) is 27.0. The maximum atomic E-state index is 13.0. The van der Waals surface area contributed by atoms with Gasteiger partial charge in [0.15, 0.2) is 0 Å². The predicted molar refractivity (Wildman–Crippen MR) is 144 cm³/mol. The normalized spacial score (nSPS) is 11.0. The van der Waals surface area contributed by atoms with Gasteiger partial charge < -0.3 is 14.8 Å². The van der Waals surface area contributed by atoms with Gasteiger partial charge in [0, 0.05) is 16.3 Å². The molecule has 4 aromatic rings. The van der Waals surface area contributed by atoms with Gasteiger partial charge in [-0.25, -0.2) is 4.79 Å². The Morgan fingerprint density at radius 1 is 0.973 bits per heavy atom. The topological polar surface area (TPSA) is 88.4 Å². The molecule has 0 fully saturated rings. The highest BCUT2D eigenvalue weighted by Crippen LogP contribution is 2.31. The number of halogens is 1. The Labute approximate surface area is 219 Å². The molecule has 0 aliphatic rings. The van der Waals surface area contributed by atoms with E-state index in [4.69, 9.17) is 21.1 Å². The molecule has 0 aliphatic carbocycles. The summed E-state index contributed by atoms with van der Waals surface area (Å²) in [4.78, 5) is 24.8. The van der Waals surface area contributed by atoms with Crippen molar-refractivity contribution in [2.75, 3.05) is 11.9 Å². The average molecular weight is 511 g/mol. The van der Waals surface area contributed by atoms with Crippen molar-refractivity contribution in [1.29, 1.82) is 5.26 Å². The first-order valence-corrected chi connectivity index (χ1v) is 12.0. The largest absolute Gasteiger partial charge is 0.488 e.